The lowest BCUT2D eigenvalue weighted by atomic mass is 10.2. The summed E-state index contributed by atoms with van der Waals surface area (Å²) in [6.45, 7) is 5.06. The minimum absolute atomic E-state index is 0.279. The molecule has 0 aliphatic rings. The van der Waals surface area contributed by atoms with Crippen LogP contribution in [-0.2, 0) is 11.3 Å². The van der Waals surface area contributed by atoms with Crippen LogP contribution in [0.25, 0.3) is 10.9 Å². The number of aryl methyl sites for hydroxylation is 1. The number of hydrogen-bond acceptors (Lipinski definition) is 2. The van der Waals surface area contributed by atoms with Gasteiger partial charge in [0.2, 0.25) is 0 Å². The average molecular weight is 266 g/mol. The Bertz CT molecular complexity index is 574. The zero-order chi connectivity index (χ0) is 13.1. The van der Waals surface area contributed by atoms with Crippen molar-refractivity contribution in [2.24, 2.45) is 0 Å². The fourth-order valence-corrected chi connectivity index (χ4v) is 2.26. The van der Waals surface area contributed by atoms with Crippen molar-refractivity contribution in [3.63, 3.8) is 0 Å². The third-order valence-electron chi connectivity index (χ3n) is 2.80. The first-order valence-corrected chi connectivity index (χ1v) is 6.51. The van der Waals surface area contributed by atoms with E-state index < -0.39 is 0 Å². The lowest BCUT2D eigenvalue weighted by Crippen LogP contribution is -2.11. The van der Waals surface area contributed by atoms with Crippen molar-refractivity contribution in [2.75, 3.05) is 6.61 Å². The summed E-state index contributed by atoms with van der Waals surface area (Å²) in [5.41, 5.74) is 1.61. The molecule has 0 spiro atoms. The van der Waals surface area contributed by atoms with Crippen molar-refractivity contribution in [3.05, 3.63) is 35.0 Å². The summed E-state index contributed by atoms with van der Waals surface area (Å²) in [4.78, 5) is 11.9. The van der Waals surface area contributed by atoms with Crippen molar-refractivity contribution in [2.45, 2.75) is 26.8 Å². The van der Waals surface area contributed by atoms with Crippen LogP contribution in [-0.4, -0.2) is 17.1 Å². The van der Waals surface area contributed by atoms with Crippen molar-refractivity contribution < 1.29 is 9.53 Å². The second-order valence-electron chi connectivity index (χ2n) is 4.10. The molecule has 0 unspecified atom stereocenters. The Kier molecular flexibility index (Phi) is 3.92. The zero-order valence-corrected chi connectivity index (χ0v) is 11.3. The highest BCUT2D eigenvalue weighted by atomic mass is 35.5. The van der Waals surface area contributed by atoms with Gasteiger partial charge in [0, 0.05) is 22.5 Å². The minimum atomic E-state index is -0.279. The Hall–Kier alpha value is -1.48. The number of hydrogen-bond donors (Lipinski definition) is 0. The first kappa shape index (κ1) is 13.0. The molecule has 0 radical (unpaired) electrons. The molecule has 3 nitrogen and oxygen atoms in total. The normalized spacial score (nSPS) is 10.8. The maximum Gasteiger partial charge on any atom is 0.354 e. The molecule has 1 aromatic heterocycles. The maximum atomic E-state index is 11.9. The third-order valence-corrected chi connectivity index (χ3v) is 3.03. The van der Waals surface area contributed by atoms with Gasteiger partial charge < -0.3 is 9.30 Å². The van der Waals surface area contributed by atoms with E-state index in [1.807, 2.05) is 35.8 Å². The Morgan fingerprint density at radius 2 is 2.11 bits per heavy atom. The molecule has 0 N–H and O–H groups in total. The summed E-state index contributed by atoms with van der Waals surface area (Å²) < 4.78 is 7.07. The molecule has 0 aliphatic heterocycles. The lowest BCUT2D eigenvalue weighted by Gasteiger charge is -2.08. The van der Waals surface area contributed by atoms with Crippen LogP contribution in [0.3, 0.4) is 0 Å². The number of ether oxygens (including phenoxy) is 1. The first-order chi connectivity index (χ1) is 8.67. The van der Waals surface area contributed by atoms with Gasteiger partial charge in [-0.05, 0) is 37.6 Å². The van der Waals surface area contributed by atoms with Crippen LogP contribution in [0.5, 0.6) is 0 Å². The zero-order valence-electron chi connectivity index (χ0n) is 10.6. The number of esters is 1. The highest BCUT2D eigenvalue weighted by Crippen LogP contribution is 2.24. The van der Waals surface area contributed by atoms with E-state index in [2.05, 4.69) is 6.92 Å². The number of aromatic nitrogens is 1. The molecule has 96 valence electrons. The van der Waals surface area contributed by atoms with Gasteiger partial charge in [0.05, 0.1) is 6.61 Å². The molecule has 0 saturated heterocycles. The highest BCUT2D eigenvalue weighted by Gasteiger charge is 2.16. The van der Waals surface area contributed by atoms with Crippen LogP contribution < -0.4 is 0 Å². The molecule has 0 aliphatic carbocycles. The second kappa shape index (κ2) is 5.44. The van der Waals surface area contributed by atoms with Crippen LogP contribution in [0.15, 0.2) is 24.3 Å². The van der Waals surface area contributed by atoms with Crippen molar-refractivity contribution in [1.29, 1.82) is 0 Å². The summed E-state index contributed by atoms with van der Waals surface area (Å²) in [5.74, 6) is -0.279. The summed E-state index contributed by atoms with van der Waals surface area (Å²) in [6.07, 6.45) is 0.957. The summed E-state index contributed by atoms with van der Waals surface area (Å²) >= 11 is 5.97. The molecule has 18 heavy (non-hydrogen) atoms. The summed E-state index contributed by atoms with van der Waals surface area (Å²) in [5, 5.41) is 1.64. The number of fused-ring (bicyclic) bond motifs is 1. The van der Waals surface area contributed by atoms with Crippen molar-refractivity contribution >= 4 is 28.5 Å². The van der Waals surface area contributed by atoms with E-state index in [1.54, 1.807) is 0 Å². The molecule has 0 bridgehead atoms. The number of rotatable bonds is 4. The minimum Gasteiger partial charge on any atom is -0.461 e. The molecule has 4 heteroatoms. The molecule has 0 atom stereocenters. The SMILES string of the molecule is CCCn1c(C(=O)OCC)cc2cc(Cl)ccc21. The fraction of sp³-hybridized carbons (Fsp3) is 0.357. The smallest absolute Gasteiger partial charge is 0.354 e. The van der Waals surface area contributed by atoms with Crippen LogP contribution in [0.2, 0.25) is 5.02 Å². The maximum absolute atomic E-state index is 11.9. The van der Waals surface area contributed by atoms with Crippen LogP contribution >= 0.6 is 11.6 Å². The summed E-state index contributed by atoms with van der Waals surface area (Å²) in [6, 6.07) is 7.49. The molecule has 2 aromatic rings. The quantitative estimate of drug-likeness (QED) is 0.786. The topological polar surface area (TPSA) is 31.2 Å². The number of carbonyl (C=O) groups excluding carboxylic acids is 1. The predicted octanol–water partition coefficient (Wildman–Crippen LogP) is 3.88. The van der Waals surface area contributed by atoms with Gasteiger partial charge in [-0.3, -0.25) is 0 Å². The molecule has 1 heterocycles. The van der Waals surface area contributed by atoms with Gasteiger partial charge in [0.25, 0.3) is 0 Å². The van der Waals surface area contributed by atoms with E-state index in [0.29, 0.717) is 17.3 Å². The summed E-state index contributed by atoms with van der Waals surface area (Å²) in [7, 11) is 0. The average Bonchev–Trinajstić information content (AvgIpc) is 2.68. The highest BCUT2D eigenvalue weighted by molar-refractivity contribution is 6.31. The van der Waals surface area contributed by atoms with Gasteiger partial charge in [-0.1, -0.05) is 18.5 Å². The molecular formula is C14H16ClNO2. The predicted molar refractivity (Wildman–Crippen MR) is 73.2 cm³/mol. The van der Waals surface area contributed by atoms with Crippen LogP contribution in [0, 0.1) is 0 Å². The Labute approximate surface area is 111 Å². The van der Waals surface area contributed by atoms with Gasteiger partial charge in [-0.25, -0.2) is 4.79 Å². The standard InChI is InChI=1S/C14H16ClNO2/c1-3-7-16-12-6-5-11(15)8-10(12)9-13(16)14(17)18-4-2/h5-6,8-9H,3-4,7H2,1-2H3. The van der Waals surface area contributed by atoms with Crippen molar-refractivity contribution in [3.8, 4) is 0 Å². The van der Waals surface area contributed by atoms with E-state index in [4.69, 9.17) is 16.3 Å². The Morgan fingerprint density at radius 3 is 2.78 bits per heavy atom. The van der Waals surface area contributed by atoms with Gasteiger partial charge in [0.15, 0.2) is 0 Å². The molecule has 0 saturated carbocycles. The van der Waals surface area contributed by atoms with E-state index in [0.717, 1.165) is 23.9 Å². The molecule has 0 amide bonds. The van der Waals surface area contributed by atoms with Gasteiger partial charge in [0.1, 0.15) is 5.69 Å². The van der Waals surface area contributed by atoms with Gasteiger partial charge in [-0.2, -0.15) is 0 Å². The number of benzene rings is 1. The second-order valence-corrected chi connectivity index (χ2v) is 4.54. The Morgan fingerprint density at radius 1 is 1.33 bits per heavy atom. The number of carbonyl (C=O) groups is 1. The molecular weight excluding hydrogens is 250 g/mol. The number of nitrogens with zero attached hydrogens (tertiary/aromatic N) is 1. The molecule has 1 aromatic carbocycles. The monoisotopic (exact) mass is 265 g/mol. The largest absolute Gasteiger partial charge is 0.461 e. The first-order valence-electron chi connectivity index (χ1n) is 6.13. The van der Waals surface area contributed by atoms with Crippen LogP contribution in [0.4, 0.5) is 0 Å². The number of halogens is 1. The molecule has 2 rings (SSSR count). The third kappa shape index (κ3) is 2.36. The lowest BCUT2D eigenvalue weighted by molar-refractivity contribution is 0.0514. The van der Waals surface area contributed by atoms with Crippen molar-refractivity contribution in [1.82, 2.24) is 4.57 Å². The van der Waals surface area contributed by atoms with E-state index in [-0.39, 0.29) is 5.97 Å². The van der Waals surface area contributed by atoms with Gasteiger partial charge >= 0.3 is 5.97 Å². The fourth-order valence-electron chi connectivity index (χ4n) is 2.08. The Balaban J connectivity index is 2.56. The van der Waals surface area contributed by atoms with E-state index in [1.165, 1.54) is 0 Å². The molecule has 0 fully saturated rings. The van der Waals surface area contributed by atoms with E-state index >= 15 is 0 Å². The van der Waals surface area contributed by atoms with E-state index in [9.17, 15) is 4.79 Å². The van der Waals surface area contributed by atoms with Gasteiger partial charge in [-0.15, -0.1) is 0 Å². The van der Waals surface area contributed by atoms with Crippen LogP contribution in [0.1, 0.15) is 30.8 Å².